The zero-order chi connectivity index (χ0) is 16.5. The molecule has 0 radical (unpaired) electrons. The van der Waals surface area contributed by atoms with E-state index in [-0.39, 0.29) is 11.9 Å². The Labute approximate surface area is 139 Å². The van der Waals surface area contributed by atoms with E-state index >= 15 is 0 Å². The Balaban J connectivity index is 1.57. The topological polar surface area (TPSA) is 75.6 Å². The number of aromatic nitrogens is 4. The van der Waals surface area contributed by atoms with Gasteiger partial charge in [-0.2, -0.15) is 5.10 Å². The highest BCUT2D eigenvalue weighted by Gasteiger charge is 2.35. The highest BCUT2D eigenvalue weighted by atomic mass is 16.1. The van der Waals surface area contributed by atoms with Crippen molar-refractivity contribution >= 4 is 5.91 Å². The van der Waals surface area contributed by atoms with Crippen LogP contribution in [-0.2, 0) is 7.05 Å². The number of benzene rings is 1. The van der Waals surface area contributed by atoms with Gasteiger partial charge in [0.2, 0.25) is 0 Å². The third-order valence-corrected chi connectivity index (χ3v) is 4.47. The number of amides is 1. The second-order valence-electron chi connectivity index (χ2n) is 6.25. The molecule has 2 aromatic heterocycles. The SMILES string of the molecule is Cn1ccnc1C(NC(=O)c1cccc(-c2cn[nH]c2)c1)C1CC1. The molecule has 1 aromatic carbocycles. The van der Waals surface area contributed by atoms with Gasteiger partial charge in [-0.3, -0.25) is 9.89 Å². The summed E-state index contributed by atoms with van der Waals surface area (Å²) in [5.41, 5.74) is 2.58. The minimum atomic E-state index is -0.0692. The molecule has 24 heavy (non-hydrogen) atoms. The van der Waals surface area contributed by atoms with Gasteiger partial charge in [0.1, 0.15) is 5.82 Å². The average molecular weight is 321 g/mol. The van der Waals surface area contributed by atoms with Gasteiger partial charge in [0, 0.05) is 36.8 Å². The van der Waals surface area contributed by atoms with Crippen LogP contribution in [0.25, 0.3) is 11.1 Å². The van der Waals surface area contributed by atoms with E-state index in [1.54, 1.807) is 12.4 Å². The fourth-order valence-corrected chi connectivity index (χ4v) is 2.97. The first-order chi connectivity index (χ1) is 11.7. The number of aromatic amines is 1. The molecule has 4 rings (SSSR count). The van der Waals surface area contributed by atoms with Crippen molar-refractivity contribution in [3.63, 3.8) is 0 Å². The molecule has 2 N–H and O–H groups in total. The van der Waals surface area contributed by atoms with Crippen molar-refractivity contribution in [2.75, 3.05) is 0 Å². The summed E-state index contributed by atoms with van der Waals surface area (Å²) in [6, 6.07) is 7.56. The summed E-state index contributed by atoms with van der Waals surface area (Å²) in [5, 5.41) is 9.92. The van der Waals surface area contributed by atoms with Gasteiger partial charge in [-0.1, -0.05) is 12.1 Å². The molecule has 0 spiro atoms. The molecule has 122 valence electrons. The van der Waals surface area contributed by atoms with Gasteiger partial charge in [-0.05, 0) is 36.5 Å². The van der Waals surface area contributed by atoms with Crippen molar-refractivity contribution in [1.82, 2.24) is 25.1 Å². The lowest BCUT2D eigenvalue weighted by atomic mass is 10.0. The molecule has 1 aliphatic carbocycles. The number of imidazole rings is 1. The van der Waals surface area contributed by atoms with Crippen molar-refractivity contribution < 1.29 is 4.79 Å². The first-order valence-corrected chi connectivity index (χ1v) is 8.09. The van der Waals surface area contributed by atoms with E-state index in [0.29, 0.717) is 11.5 Å². The van der Waals surface area contributed by atoms with Crippen molar-refractivity contribution in [3.8, 4) is 11.1 Å². The normalized spacial score (nSPS) is 15.2. The second kappa shape index (κ2) is 5.96. The molecular weight excluding hydrogens is 302 g/mol. The summed E-state index contributed by atoms with van der Waals surface area (Å²) in [5.74, 6) is 1.32. The van der Waals surface area contributed by atoms with E-state index in [0.717, 1.165) is 29.8 Å². The molecule has 0 aliphatic heterocycles. The summed E-state index contributed by atoms with van der Waals surface area (Å²) < 4.78 is 1.98. The fourth-order valence-electron chi connectivity index (χ4n) is 2.97. The fraction of sp³-hybridized carbons (Fsp3) is 0.278. The van der Waals surface area contributed by atoms with E-state index in [1.165, 1.54) is 0 Å². The quantitative estimate of drug-likeness (QED) is 0.758. The molecule has 1 amide bonds. The molecule has 2 heterocycles. The average Bonchev–Trinajstić information content (AvgIpc) is 3.11. The first-order valence-electron chi connectivity index (χ1n) is 8.09. The van der Waals surface area contributed by atoms with Crippen LogP contribution in [-0.4, -0.2) is 25.7 Å². The van der Waals surface area contributed by atoms with Gasteiger partial charge in [0.15, 0.2) is 0 Å². The Bertz CT molecular complexity index is 848. The highest BCUT2D eigenvalue weighted by Crippen LogP contribution is 2.40. The maximum atomic E-state index is 12.7. The number of nitrogens with zero attached hydrogens (tertiary/aromatic N) is 3. The third kappa shape index (κ3) is 2.82. The number of carbonyl (C=O) groups excluding carboxylic acids is 1. The van der Waals surface area contributed by atoms with Gasteiger partial charge in [0.05, 0.1) is 12.2 Å². The molecule has 1 unspecified atom stereocenters. The molecule has 6 heteroatoms. The van der Waals surface area contributed by atoms with Crippen LogP contribution in [0.5, 0.6) is 0 Å². The summed E-state index contributed by atoms with van der Waals surface area (Å²) in [7, 11) is 1.96. The summed E-state index contributed by atoms with van der Waals surface area (Å²) >= 11 is 0. The molecule has 1 fully saturated rings. The molecule has 0 bridgehead atoms. The van der Waals surface area contributed by atoms with E-state index in [1.807, 2.05) is 48.3 Å². The van der Waals surface area contributed by atoms with Crippen molar-refractivity contribution in [3.05, 3.63) is 60.4 Å². The van der Waals surface area contributed by atoms with Crippen LogP contribution in [0.15, 0.2) is 49.1 Å². The predicted molar refractivity (Wildman–Crippen MR) is 90.2 cm³/mol. The largest absolute Gasteiger partial charge is 0.342 e. The Kier molecular flexibility index (Phi) is 3.65. The van der Waals surface area contributed by atoms with Crippen LogP contribution < -0.4 is 5.32 Å². The van der Waals surface area contributed by atoms with Crippen LogP contribution in [0.3, 0.4) is 0 Å². The Morgan fingerprint density at radius 1 is 1.38 bits per heavy atom. The third-order valence-electron chi connectivity index (χ3n) is 4.47. The number of aryl methyl sites for hydroxylation is 1. The number of hydrogen-bond donors (Lipinski definition) is 2. The number of rotatable bonds is 5. The smallest absolute Gasteiger partial charge is 0.251 e. The number of H-pyrrole nitrogens is 1. The van der Waals surface area contributed by atoms with Crippen molar-refractivity contribution in [1.29, 1.82) is 0 Å². The minimum Gasteiger partial charge on any atom is -0.342 e. The monoisotopic (exact) mass is 321 g/mol. The Morgan fingerprint density at radius 3 is 2.92 bits per heavy atom. The maximum Gasteiger partial charge on any atom is 0.251 e. The molecule has 6 nitrogen and oxygen atoms in total. The summed E-state index contributed by atoms with van der Waals surface area (Å²) in [6.45, 7) is 0. The Hall–Kier alpha value is -2.89. The summed E-state index contributed by atoms with van der Waals surface area (Å²) in [6.07, 6.45) is 9.52. The molecule has 1 saturated carbocycles. The van der Waals surface area contributed by atoms with Gasteiger partial charge in [-0.15, -0.1) is 0 Å². The number of nitrogens with one attached hydrogen (secondary N) is 2. The molecule has 0 saturated heterocycles. The van der Waals surface area contributed by atoms with Crippen LogP contribution >= 0.6 is 0 Å². The first kappa shape index (κ1) is 14.7. The lowest BCUT2D eigenvalue weighted by Gasteiger charge is -2.18. The van der Waals surface area contributed by atoms with Gasteiger partial charge < -0.3 is 9.88 Å². The summed E-state index contributed by atoms with van der Waals surface area (Å²) in [4.78, 5) is 17.2. The minimum absolute atomic E-state index is 0.0323. The zero-order valence-electron chi connectivity index (χ0n) is 13.4. The molecule has 1 atom stereocenters. The number of hydrogen-bond acceptors (Lipinski definition) is 3. The number of carbonyl (C=O) groups is 1. The van der Waals surface area contributed by atoms with E-state index in [4.69, 9.17) is 0 Å². The maximum absolute atomic E-state index is 12.7. The van der Waals surface area contributed by atoms with Crippen molar-refractivity contribution in [2.45, 2.75) is 18.9 Å². The molecule has 3 aromatic rings. The van der Waals surface area contributed by atoms with Crippen LogP contribution in [0, 0.1) is 5.92 Å². The second-order valence-corrected chi connectivity index (χ2v) is 6.25. The van der Waals surface area contributed by atoms with Crippen LogP contribution in [0.2, 0.25) is 0 Å². The van der Waals surface area contributed by atoms with Gasteiger partial charge in [-0.25, -0.2) is 4.98 Å². The highest BCUT2D eigenvalue weighted by molar-refractivity contribution is 5.95. The predicted octanol–water partition coefficient (Wildman–Crippen LogP) is 2.69. The van der Waals surface area contributed by atoms with Crippen LogP contribution in [0.4, 0.5) is 0 Å². The van der Waals surface area contributed by atoms with E-state index in [9.17, 15) is 4.79 Å². The lowest BCUT2D eigenvalue weighted by Crippen LogP contribution is -2.31. The van der Waals surface area contributed by atoms with Gasteiger partial charge >= 0.3 is 0 Å². The van der Waals surface area contributed by atoms with Gasteiger partial charge in [0.25, 0.3) is 5.91 Å². The van der Waals surface area contributed by atoms with Crippen molar-refractivity contribution in [2.24, 2.45) is 13.0 Å². The van der Waals surface area contributed by atoms with Crippen LogP contribution in [0.1, 0.15) is 35.1 Å². The molecular formula is C18H19N5O. The Morgan fingerprint density at radius 2 is 2.25 bits per heavy atom. The van der Waals surface area contributed by atoms with E-state index in [2.05, 4.69) is 20.5 Å². The zero-order valence-corrected chi connectivity index (χ0v) is 13.4. The standard InChI is InChI=1S/C18H19N5O/c1-23-8-7-19-17(23)16(12-5-6-12)22-18(24)14-4-2-3-13(9-14)15-10-20-21-11-15/h2-4,7-12,16H,5-6H2,1H3,(H,20,21)(H,22,24). The van der Waals surface area contributed by atoms with E-state index < -0.39 is 0 Å². The lowest BCUT2D eigenvalue weighted by molar-refractivity contribution is 0.0929. The molecule has 1 aliphatic rings.